The van der Waals surface area contributed by atoms with Gasteiger partial charge in [-0.25, -0.2) is 4.79 Å². The molecule has 5 heteroatoms. The fourth-order valence-corrected chi connectivity index (χ4v) is 2.31. The van der Waals surface area contributed by atoms with Gasteiger partial charge in [-0.2, -0.15) is 0 Å². The number of carbonyl (C=O) groups is 1. The van der Waals surface area contributed by atoms with Gasteiger partial charge in [0.05, 0.1) is 12.3 Å². The van der Waals surface area contributed by atoms with E-state index in [-0.39, 0.29) is 12.1 Å². The van der Waals surface area contributed by atoms with E-state index in [0.717, 1.165) is 27.8 Å². The Labute approximate surface area is 128 Å². The smallest absolute Gasteiger partial charge is 0.319 e. The quantitative estimate of drug-likeness (QED) is 0.767. The minimum atomic E-state index is -0.253. The maximum Gasteiger partial charge on any atom is 0.319 e. The van der Waals surface area contributed by atoms with E-state index in [1.54, 1.807) is 18.7 Å². The average molecular weight is 295 g/mol. The topological polar surface area (TPSA) is 67.2 Å². The van der Waals surface area contributed by atoms with Gasteiger partial charge in [0.1, 0.15) is 5.58 Å². The highest BCUT2D eigenvalue weighted by Gasteiger charge is 2.10. The first-order chi connectivity index (χ1) is 10.6. The monoisotopic (exact) mass is 295 g/mol. The molecule has 0 unspecified atom stereocenters. The van der Waals surface area contributed by atoms with E-state index in [1.165, 1.54) is 0 Å². The number of furan rings is 1. The lowest BCUT2D eigenvalue weighted by Crippen LogP contribution is -2.31. The highest BCUT2D eigenvalue weighted by Crippen LogP contribution is 2.24. The Morgan fingerprint density at radius 2 is 2.18 bits per heavy atom. The zero-order valence-electron chi connectivity index (χ0n) is 12.5. The minimum absolute atomic E-state index is 0.118. The molecule has 3 rings (SSSR count). The largest absolute Gasteiger partial charge is 0.464 e. The lowest BCUT2D eigenvalue weighted by Gasteiger charge is -2.14. The Kier molecular flexibility index (Phi) is 3.78. The van der Waals surface area contributed by atoms with Gasteiger partial charge in [0, 0.05) is 23.5 Å². The molecular formula is C17H17N3O2. The molecular weight excluding hydrogens is 278 g/mol. The van der Waals surface area contributed by atoms with E-state index in [4.69, 9.17) is 4.42 Å². The van der Waals surface area contributed by atoms with Crippen molar-refractivity contribution in [3.8, 4) is 0 Å². The van der Waals surface area contributed by atoms with Crippen molar-refractivity contribution >= 4 is 22.7 Å². The van der Waals surface area contributed by atoms with Crippen LogP contribution in [0.25, 0.3) is 11.0 Å². The van der Waals surface area contributed by atoms with E-state index in [2.05, 4.69) is 15.6 Å². The standard InChI is InChI=1S/C17H17N3O2/c1-11-10-22-16-6-5-14(8-15(11)16)20-17(21)19-12(2)13-4-3-7-18-9-13/h3-10,12H,1-2H3,(H2,19,20,21)/t12-/m0/s1. The molecule has 2 N–H and O–H groups in total. The molecule has 0 fully saturated rings. The molecule has 0 aliphatic carbocycles. The van der Waals surface area contributed by atoms with E-state index < -0.39 is 0 Å². The van der Waals surface area contributed by atoms with Gasteiger partial charge in [-0.3, -0.25) is 4.98 Å². The number of aromatic nitrogens is 1. The molecule has 0 radical (unpaired) electrons. The molecule has 0 saturated heterocycles. The summed E-state index contributed by atoms with van der Waals surface area (Å²) in [6.07, 6.45) is 5.16. The number of fused-ring (bicyclic) bond motifs is 1. The van der Waals surface area contributed by atoms with E-state index >= 15 is 0 Å². The lowest BCUT2D eigenvalue weighted by molar-refractivity contribution is 0.249. The number of rotatable bonds is 3. The number of amides is 2. The molecule has 0 saturated carbocycles. The summed E-state index contributed by atoms with van der Waals surface area (Å²) in [6.45, 7) is 3.89. The average Bonchev–Trinajstić information content (AvgIpc) is 2.89. The van der Waals surface area contributed by atoms with Crippen molar-refractivity contribution < 1.29 is 9.21 Å². The van der Waals surface area contributed by atoms with Crippen LogP contribution < -0.4 is 10.6 Å². The zero-order valence-corrected chi connectivity index (χ0v) is 12.5. The van der Waals surface area contributed by atoms with Crippen molar-refractivity contribution in [1.29, 1.82) is 0 Å². The number of benzene rings is 1. The molecule has 112 valence electrons. The van der Waals surface area contributed by atoms with Crippen molar-refractivity contribution in [1.82, 2.24) is 10.3 Å². The van der Waals surface area contributed by atoms with E-state index in [1.807, 2.05) is 44.2 Å². The molecule has 2 amide bonds. The van der Waals surface area contributed by atoms with Crippen molar-refractivity contribution in [2.24, 2.45) is 0 Å². The Morgan fingerprint density at radius 1 is 1.32 bits per heavy atom. The van der Waals surface area contributed by atoms with Crippen LogP contribution in [-0.2, 0) is 0 Å². The number of carbonyl (C=O) groups excluding carboxylic acids is 1. The van der Waals surface area contributed by atoms with Crippen molar-refractivity contribution in [3.05, 3.63) is 60.1 Å². The molecule has 1 aromatic carbocycles. The van der Waals surface area contributed by atoms with Gasteiger partial charge in [0.15, 0.2) is 0 Å². The fourth-order valence-electron chi connectivity index (χ4n) is 2.31. The van der Waals surface area contributed by atoms with Crippen LogP contribution in [-0.4, -0.2) is 11.0 Å². The number of aryl methyl sites for hydroxylation is 1. The van der Waals surface area contributed by atoms with Gasteiger partial charge in [-0.15, -0.1) is 0 Å². The van der Waals surface area contributed by atoms with Crippen LogP contribution in [0.15, 0.2) is 53.4 Å². The molecule has 1 atom stereocenters. The highest BCUT2D eigenvalue weighted by molar-refractivity contribution is 5.93. The normalized spacial score (nSPS) is 12.1. The molecule has 5 nitrogen and oxygen atoms in total. The van der Waals surface area contributed by atoms with Crippen LogP contribution in [0, 0.1) is 6.92 Å². The maximum absolute atomic E-state index is 12.1. The summed E-state index contributed by atoms with van der Waals surface area (Å²) in [5.41, 5.74) is 3.54. The maximum atomic E-state index is 12.1. The van der Waals surface area contributed by atoms with Crippen molar-refractivity contribution in [3.63, 3.8) is 0 Å². The zero-order chi connectivity index (χ0) is 15.5. The first-order valence-electron chi connectivity index (χ1n) is 7.09. The van der Waals surface area contributed by atoms with Gasteiger partial charge in [-0.05, 0) is 49.2 Å². The molecule has 22 heavy (non-hydrogen) atoms. The first-order valence-corrected chi connectivity index (χ1v) is 7.09. The highest BCUT2D eigenvalue weighted by atomic mass is 16.3. The molecule has 0 spiro atoms. The second-order valence-corrected chi connectivity index (χ2v) is 5.24. The lowest BCUT2D eigenvalue weighted by atomic mass is 10.1. The predicted molar refractivity (Wildman–Crippen MR) is 85.8 cm³/mol. The van der Waals surface area contributed by atoms with Crippen molar-refractivity contribution in [2.45, 2.75) is 19.9 Å². The fraction of sp³-hybridized carbons (Fsp3) is 0.176. The van der Waals surface area contributed by atoms with Gasteiger partial charge >= 0.3 is 6.03 Å². The van der Waals surface area contributed by atoms with Crippen LogP contribution in [0.1, 0.15) is 24.1 Å². The van der Waals surface area contributed by atoms with Crippen LogP contribution >= 0.6 is 0 Å². The number of hydrogen-bond acceptors (Lipinski definition) is 3. The van der Waals surface area contributed by atoms with Gasteiger partial charge < -0.3 is 15.1 Å². The van der Waals surface area contributed by atoms with E-state index in [9.17, 15) is 4.79 Å². The SMILES string of the molecule is Cc1coc2ccc(NC(=O)N[C@@H](C)c3cccnc3)cc12. The summed E-state index contributed by atoms with van der Waals surface area (Å²) < 4.78 is 5.40. The van der Waals surface area contributed by atoms with Crippen LogP contribution in [0.4, 0.5) is 10.5 Å². The van der Waals surface area contributed by atoms with Crippen molar-refractivity contribution in [2.75, 3.05) is 5.32 Å². The molecule has 0 aliphatic heterocycles. The molecule has 0 bridgehead atoms. The number of hydrogen-bond donors (Lipinski definition) is 2. The second-order valence-electron chi connectivity index (χ2n) is 5.24. The van der Waals surface area contributed by atoms with Crippen LogP contribution in [0.2, 0.25) is 0 Å². The molecule has 2 aromatic heterocycles. The Hall–Kier alpha value is -2.82. The first kappa shape index (κ1) is 14.1. The second kappa shape index (κ2) is 5.89. The number of nitrogens with zero attached hydrogens (tertiary/aromatic N) is 1. The third-order valence-electron chi connectivity index (χ3n) is 3.56. The number of nitrogens with one attached hydrogen (secondary N) is 2. The third-order valence-corrected chi connectivity index (χ3v) is 3.56. The Balaban J connectivity index is 1.69. The van der Waals surface area contributed by atoms with Crippen LogP contribution in [0.5, 0.6) is 0 Å². The number of pyridine rings is 1. The van der Waals surface area contributed by atoms with E-state index in [0.29, 0.717) is 0 Å². The summed E-state index contributed by atoms with van der Waals surface area (Å²) >= 11 is 0. The van der Waals surface area contributed by atoms with Gasteiger partial charge in [0.25, 0.3) is 0 Å². The minimum Gasteiger partial charge on any atom is -0.464 e. The summed E-state index contributed by atoms with van der Waals surface area (Å²) in [6, 6.07) is 8.98. The van der Waals surface area contributed by atoms with Crippen LogP contribution in [0.3, 0.4) is 0 Å². The Morgan fingerprint density at radius 3 is 2.95 bits per heavy atom. The molecule has 0 aliphatic rings. The summed E-state index contributed by atoms with van der Waals surface area (Å²) in [4.78, 5) is 16.1. The number of anilines is 1. The predicted octanol–water partition coefficient (Wildman–Crippen LogP) is 4.02. The number of urea groups is 1. The van der Waals surface area contributed by atoms with Gasteiger partial charge in [0.2, 0.25) is 0 Å². The summed E-state index contributed by atoms with van der Waals surface area (Å²) in [7, 11) is 0. The summed E-state index contributed by atoms with van der Waals surface area (Å²) in [5, 5.41) is 6.73. The molecule has 3 aromatic rings. The van der Waals surface area contributed by atoms with Gasteiger partial charge in [-0.1, -0.05) is 6.07 Å². The molecule has 2 heterocycles. The third kappa shape index (κ3) is 2.93. The summed E-state index contributed by atoms with van der Waals surface area (Å²) in [5.74, 6) is 0. The Bertz CT molecular complexity index is 796.